The zero-order chi connectivity index (χ0) is 39.7. The fourth-order valence-electron chi connectivity index (χ4n) is 6.52. The molecule has 3 heterocycles. The fourth-order valence-corrected chi connectivity index (χ4v) is 8.15. The van der Waals surface area contributed by atoms with Gasteiger partial charge in [0.1, 0.15) is 30.0 Å². The molecule has 15 nitrogen and oxygen atoms in total. The first kappa shape index (κ1) is 42.6. The number of hydrogen-bond acceptors (Lipinski definition) is 12. The molecule has 2 aromatic rings. The Hall–Kier alpha value is -4.19. The number of aliphatic hydroxyl groups is 1. The van der Waals surface area contributed by atoms with Crippen molar-refractivity contribution in [3.05, 3.63) is 41.0 Å². The zero-order valence-electron chi connectivity index (χ0n) is 31.1. The highest BCUT2D eigenvalue weighted by Gasteiger charge is 2.45. The highest BCUT2D eigenvalue weighted by molar-refractivity contribution is 7.99. The number of aryl methyl sites for hydroxylation is 1. The second-order valence-corrected chi connectivity index (χ2v) is 16.9. The number of thioether (sulfide) groups is 1. The summed E-state index contributed by atoms with van der Waals surface area (Å²) in [6.07, 6.45) is -1.21. The van der Waals surface area contributed by atoms with Crippen molar-refractivity contribution < 1.29 is 38.7 Å². The van der Waals surface area contributed by atoms with E-state index < -0.39 is 71.1 Å². The predicted molar refractivity (Wildman–Crippen MR) is 205 cm³/mol. The lowest BCUT2D eigenvalue weighted by Gasteiger charge is -2.35. The van der Waals surface area contributed by atoms with Gasteiger partial charge in [-0.1, -0.05) is 45.0 Å². The highest BCUT2D eigenvalue weighted by Crippen LogP contribution is 2.30. The molecule has 0 radical (unpaired) electrons. The Morgan fingerprint density at radius 2 is 1.72 bits per heavy atom. The third-order valence-electron chi connectivity index (χ3n) is 9.60. The zero-order valence-corrected chi connectivity index (χ0v) is 32.7. The molecular weight excluding hydrogens is 735 g/mol. The summed E-state index contributed by atoms with van der Waals surface area (Å²) in [5.41, 5.74) is 14.5. The highest BCUT2D eigenvalue weighted by atomic mass is 32.2. The number of thiazole rings is 1. The summed E-state index contributed by atoms with van der Waals surface area (Å²) in [5.74, 6) is -4.54. The van der Waals surface area contributed by atoms with E-state index in [2.05, 4.69) is 20.9 Å². The molecule has 54 heavy (non-hydrogen) atoms. The fraction of sp³-hybridized carbons (Fsp3) is 0.568. The van der Waals surface area contributed by atoms with Gasteiger partial charge in [-0.15, -0.1) is 11.3 Å². The van der Waals surface area contributed by atoms with Gasteiger partial charge in [0, 0.05) is 38.8 Å². The first-order valence-electron chi connectivity index (χ1n) is 18.0. The van der Waals surface area contributed by atoms with Crippen LogP contribution in [-0.2, 0) is 33.6 Å². The Balaban J connectivity index is 1.66. The molecular formula is C37H51N7O8S2. The van der Waals surface area contributed by atoms with Gasteiger partial charge in [0.15, 0.2) is 5.78 Å². The van der Waals surface area contributed by atoms with Crippen molar-refractivity contribution in [3.8, 4) is 10.4 Å². The molecule has 2 aliphatic heterocycles. The van der Waals surface area contributed by atoms with E-state index in [0.29, 0.717) is 5.56 Å². The van der Waals surface area contributed by atoms with Crippen LogP contribution in [0.4, 0.5) is 0 Å². The summed E-state index contributed by atoms with van der Waals surface area (Å²) in [4.78, 5) is 99.9. The Morgan fingerprint density at radius 3 is 2.33 bits per heavy atom. The van der Waals surface area contributed by atoms with Gasteiger partial charge in [0.05, 0.1) is 33.9 Å². The van der Waals surface area contributed by atoms with E-state index in [0.717, 1.165) is 16.1 Å². The van der Waals surface area contributed by atoms with Crippen molar-refractivity contribution in [2.45, 2.75) is 96.5 Å². The number of amides is 5. The van der Waals surface area contributed by atoms with Gasteiger partial charge in [-0.2, -0.15) is 11.8 Å². The van der Waals surface area contributed by atoms with Crippen LogP contribution in [0.25, 0.3) is 10.4 Å². The van der Waals surface area contributed by atoms with Crippen LogP contribution in [0.1, 0.15) is 76.6 Å². The standard InChI is InChI=1S/C37H51N7O8S2/c1-20-31(54-19-40-20)22-10-8-21(9-11-22)30-28(47)7-5-6-24(45)14-23(16-38)34(50)41-26(33(39)49)12-13-53-18-29(48)42-32(37(2,3)4)36(52)44-17-25(46)15-27(44)35(51)43-30/h8-11,19,23,25-27,30,32,46H,5-7,12-18,38H2,1-4H3,(H2,39,49)(H,41,50)(H,42,48)(H,43,51)/t23-,25-,26-,27+,30-,32-/m1/s1. The van der Waals surface area contributed by atoms with Crippen molar-refractivity contribution >= 4 is 64.2 Å². The first-order chi connectivity index (χ1) is 25.5. The number of aliphatic hydroxyl groups excluding tert-OH is 1. The molecule has 2 fully saturated rings. The van der Waals surface area contributed by atoms with Gasteiger partial charge in [-0.05, 0) is 42.1 Å². The number of nitrogens with two attached hydrogens (primary N) is 2. The van der Waals surface area contributed by atoms with Crippen LogP contribution in [0.5, 0.6) is 0 Å². The molecule has 0 bridgehead atoms. The van der Waals surface area contributed by atoms with Gasteiger partial charge in [0.25, 0.3) is 0 Å². The number of nitrogens with one attached hydrogen (secondary N) is 3. The maximum absolute atomic E-state index is 14.1. The number of aromatic nitrogens is 1. The summed E-state index contributed by atoms with van der Waals surface area (Å²) in [6, 6.07) is 2.69. The topological polar surface area (TPSA) is 244 Å². The van der Waals surface area contributed by atoms with Crippen LogP contribution in [0.3, 0.4) is 0 Å². The van der Waals surface area contributed by atoms with Gasteiger partial charge >= 0.3 is 0 Å². The molecule has 8 N–H and O–H groups in total. The summed E-state index contributed by atoms with van der Waals surface area (Å²) in [6.45, 7) is 6.88. The minimum atomic E-state index is -1.15. The van der Waals surface area contributed by atoms with Crippen LogP contribution in [0.2, 0.25) is 0 Å². The molecule has 0 aliphatic carbocycles. The Bertz CT molecular complexity index is 1710. The summed E-state index contributed by atoms with van der Waals surface area (Å²) in [5, 5.41) is 18.9. The number of carbonyl (C=O) groups excluding carboxylic acids is 7. The number of benzene rings is 1. The van der Waals surface area contributed by atoms with E-state index in [4.69, 9.17) is 11.5 Å². The number of carbonyl (C=O) groups is 7. The molecule has 1 aromatic carbocycles. The van der Waals surface area contributed by atoms with E-state index in [9.17, 15) is 38.7 Å². The molecule has 0 unspecified atom stereocenters. The Morgan fingerprint density at radius 1 is 1.02 bits per heavy atom. The maximum Gasteiger partial charge on any atom is 0.246 e. The van der Waals surface area contributed by atoms with Crippen LogP contribution >= 0.6 is 23.1 Å². The van der Waals surface area contributed by atoms with Crippen LogP contribution in [-0.4, -0.2) is 105 Å². The average Bonchev–Trinajstić information content (AvgIpc) is 3.73. The molecule has 0 spiro atoms. The second-order valence-electron chi connectivity index (χ2n) is 14.9. The molecule has 2 aliphatic rings. The van der Waals surface area contributed by atoms with Crippen molar-refractivity contribution in [1.29, 1.82) is 0 Å². The van der Waals surface area contributed by atoms with E-state index in [1.54, 1.807) is 38.4 Å². The summed E-state index contributed by atoms with van der Waals surface area (Å²) >= 11 is 2.64. The number of rotatable bonds is 4. The van der Waals surface area contributed by atoms with Gasteiger partial charge in [-0.3, -0.25) is 33.6 Å². The minimum absolute atomic E-state index is 0.0397. The maximum atomic E-state index is 14.1. The Kier molecular flexibility index (Phi) is 14.9. The Labute approximate surface area is 323 Å². The second kappa shape index (κ2) is 18.9. The molecule has 1 aromatic heterocycles. The third kappa shape index (κ3) is 11.2. The lowest BCUT2D eigenvalue weighted by atomic mass is 9.85. The normalized spacial score (nSPS) is 26.4. The van der Waals surface area contributed by atoms with Gasteiger partial charge < -0.3 is 37.4 Å². The van der Waals surface area contributed by atoms with E-state index >= 15 is 0 Å². The summed E-state index contributed by atoms with van der Waals surface area (Å²) in [7, 11) is 0. The first-order valence-corrected chi connectivity index (χ1v) is 20.0. The van der Waals surface area contributed by atoms with Crippen LogP contribution in [0, 0.1) is 18.3 Å². The molecule has 17 heteroatoms. The minimum Gasteiger partial charge on any atom is -0.391 e. The molecule has 5 amide bonds. The van der Waals surface area contributed by atoms with Gasteiger partial charge in [0.2, 0.25) is 29.5 Å². The number of fused-ring (bicyclic) bond motifs is 1. The monoisotopic (exact) mass is 785 g/mol. The lowest BCUT2D eigenvalue weighted by molar-refractivity contribution is -0.144. The predicted octanol–water partition coefficient (Wildman–Crippen LogP) is 1.15. The van der Waals surface area contributed by atoms with Crippen molar-refractivity contribution in [1.82, 2.24) is 25.8 Å². The lowest BCUT2D eigenvalue weighted by Crippen LogP contribution is -2.58. The molecule has 6 atom stereocenters. The smallest absolute Gasteiger partial charge is 0.246 e. The molecule has 0 saturated carbocycles. The van der Waals surface area contributed by atoms with Crippen LogP contribution in [0.15, 0.2) is 29.8 Å². The number of nitrogens with zero attached hydrogens (tertiary/aromatic N) is 2. The van der Waals surface area contributed by atoms with Crippen molar-refractivity contribution in [3.63, 3.8) is 0 Å². The largest absolute Gasteiger partial charge is 0.391 e. The SMILES string of the molecule is Cc1ncsc1-c1ccc([C@H]2NC(=O)[C@@H]3C[C@@H](O)CN3C(=O)[C@H](C(C)(C)C)NC(=O)CSCC[C@H](C(N)=O)NC(=O)[C@@H](CN)CC(=O)CCCC2=O)cc1. The van der Waals surface area contributed by atoms with E-state index in [1.807, 2.05) is 19.1 Å². The molecule has 2 saturated heterocycles. The number of primary amides is 1. The van der Waals surface area contributed by atoms with Crippen LogP contribution < -0.4 is 27.4 Å². The average molecular weight is 786 g/mol. The van der Waals surface area contributed by atoms with E-state index in [-0.39, 0.29) is 74.7 Å². The van der Waals surface area contributed by atoms with E-state index in [1.165, 1.54) is 28.0 Å². The molecule has 294 valence electrons. The molecule has 4 rings (SSSR count). The summed E-state index contributed by atoms with van der Waals surface area (Å²) < 4.78 is 0. The number of ketones is 2. The number of hydrogen-bond donors (Lipinski definition) is 6. The van der Waals surface area contributed by atoms with Gasteiger partial charge in [-0.25, -0.2) is 4.98 Å². The van der Waals surface area contributed by atoms with Crippen molar-refractivity contribution in [2.75, 3.05) is 24.6 Å². The third-order valence-corrected chi connectivity index (χ3v) is 11.6. The number of Topliss-reactive ketones (excluding diaryl/α,β-unsaturated/α-hetero) is 2. The van der Waals surface area contributed by atoms with Crippen molar-refractivity contribution in [2.24, 2.45) is 22.8 Å². The quantitative estimate of drug-likeness (QED) is 0.257.